The molecule has 0 aliphatic rings. The van der Waals surface area contributed by atoms with Gasteiger partial charge in [0.15, 0.2) is 0 Å². The molecule has 0 heterocycles. The van der Waals surface area contributed by atoms with Gasteiger partial charge in [0.25, 0.3) is 0 Å². The maximum atomic E-state index is 8.44. The Kier molecular flexibility index (Phi) is 96.4. The smallest absolute Gasteiger partial charge is 0.565 e. The molecule has 0 spiro atoms. The Labute approximate surface area is 158 Å². The Hall–Kier alpha value is 0.420. The third kappa shape index (κ3) is 2460. The molecule has 0 atom stereocenters. The number of carbonyl (C=O) groups is 2. The Morgan fingerprint density at radius 3 is 1.16 bits per heavy atom. The summed E-state index contributed by atoms with van der Waals surface area (Å²) in [6.45, 7) is 5.69. The van der Waals surface area contributed by atoms with E-state index in [1.54, 1.807) is 13.8 Å². The van der Waals surface area contributed by atoms with Crippen molar-refractivity contribution in [3.8, 4) is 0 Å². The molecule has 0 saturated carbocycles. The SMILES string of the molecule is CC(C)O.CCCO.N.O=C([O-])O.O=C([O-])O.[HH].[Na+].[Na+]. The van der Waals surface area contributed by atoms with Gasteiger partial charge in [0.05, 0.1) is 0 Å². The zero-order chi connectivity index (χ0) is 14.1. The Morgan fingerprint density at radius 2 is 1.16 bits per heavy atom. The molecule has 0 aromatic heterocycles. The monoisotopic (exact) mass is 307 g/mol. The van der Waals surface area contributed by atoms with Crippen LogP contribution in [-0.4, -0.2) is 45.4 Å². The minimum absolute atomic E-state index is 0. The van der Waals surface area contributed by atoms with Crippen molar-refractivity contribution in [2.24, 2.45) is 0 Å². The molecular formula is C8H23NNa2O8. The van der Waals surface area contributed by atoms with Gasteiger partial charge in [-0.15, -0.1) is 0 Å². The Morgan fingerprint density at radius 1 is 1.11 bits per heavy atom. The fraction of sp³-hybridized carbons (Fsp3) is 0.750. The predicted octanol–water partition coefficient (Wildman–Crippen LogP) is -7.03. The van der Waals surface area contributed by atoms with Gasteiger partial charge in [-0.1, -0.05) is 6.92 Å². The van der Waals surface area contributed by atoms with Crippen LogP contribution in [0.3, 0.4) is 0 Å². The molecule has 0 radical (unpaired) electrons. The van der Waals surface area contributed by atoms with Gasteiger partial charge < -0.3 is 46.4 Å². The molecule has 0 saturated heterocycles. The molecule has 0 bridgehead atoms. The third-order valence-electron chi connectivity index (χ3n) is 0.224. The van der Waals surface area contributed by atoms with E-state index in [4.69, 9.17) is 40.2 Å². The topological polar surface area (TPSA) is 196 Å². The summed E-state index contributed by atoms with van der Waals surface area (Å²) in [6.07, 6.45) is -3.46. The first kappa shape index (κ1) is 42.7. The summed E-state index contributed by atoms with van der Waals surface area (Å²) in [4.78, 5) is 16.9. The van der Waals surface area contributed by atoms with Crippen LogP contribution in [0.2, 0.25) is 0 Å². The first-order chi connectivity index (χ1) is 7.11. The van der Waals surface area contributed by atoms with E-state index in [1.807, 2.05) is 6.92 Å². The Bertz CT molecular complexity index is 141. The molecule has 0 aromatic rings. The van der Waals surface area contributed by atoms with Crippen molar-refractivity contribution in [2.75, 3.05) is 6.61 Å². The first-order valence-electron chi connectivity index (χ1n) is 4.20. The molecular weight excluding hydrogens is 284 g/mol. The van der Waals surface area contributed by atoms with Gasteiger partial charge in [0.2, 0.25) is 12.3 Å². The summed E-state index contributed by atoms with van der Waals surface area (Å²) in [5.41, 5.74) is 0. The number of carboxylic acid groups (broad SMARTS) is 4. The van der Waals surface area contributed by atoms with Crippen molar-refractivity contribution in [3.63, 3.8) is 0 Å². The molecule has 9 nitrogen and oxygen atoms in total. The van der Waals surface area contributed by atoms with E-state index >= 15 is 0 Å². The first-order valence-corrected chi connectivity index (χ1v) is 4.20. The number of hydrogen-bond acceptors (Lipinski definition) is 7. The molecule has 0 fully saturated rings. The standard InChI is InChI=1S/2C3H8O.2CH2O3.H3N.2Na.H2/c1-3(2)4;1-2-3-4;2*2-1(3)4;;;;/h3-4H,1-2H3;4H,2-3H2,1H3;2*(H2,2,3,4);1H3;;;1H/q;;;;;2*+1;/p-2. The van der Waals surface area contributed by atoms with Gasteiger partial charge in [-0.3, -0.25) is 0 Å². The van der Waals surface area contributed by atoms with Crippen molar-refractivity contribution < 1.29 is 101 Å². The van der Waals surface area contributed by atoms with Crippen LogP contribution in [0.5, 0.6) is 0 Å². The maximum absolute atomic E-state index is 8.44. The normalized spacial score (nSPS) is 6.00. The van der Waals surface area contributed by atoms with E-state index in [-0.39, 0.29) is 72.8 Å². The van der Waals surface area contributed by atoms with Crippen LogP contribution < -0.4 is 75.5 Å². The molecule has 11 heteroatoms. The number of hydrogen-bond donors (Lipinski definition) is 5. The molecule has 0 aliphatic heterocycles. The van der Waals surface area contributed by atoms with E-state index in [0.717, 1.165) is 6.42 Å². The third-order valence-corrected chi connectivity index (χ3v) is 0.224. The van der Waals surface area contributed by atoms with Crippen LogP contribution in [0.25, 0.3) is 0 Å². The average molecular weight is 307 g/mol. The molecule has 0 rings (SSSR count). The minimum atomic E-state index is -2.08. The Balaban J connectivity index is -0.0000000150. The van der Waals surface area contributed by atoms with Crippen LogP contribution in [-0.2, 0) is 0 Å². The number of aliphatic hydroxyl groups excluding tert-OH is 2. The van der Waals surface area contributed by atoms with E-state index < -0.39 is 12.3 Å². The number of rotatable bonds is 1. The van der Waals surface area contributed by atoms with Gasteiger partial charge in [0.1, 0.15) is 0 Å². The van der Waals surface area contributed by atoms with Crippen molar-refractivity contribution in [2.45, 2.75) is 33.3 Å². The summed E-state index contributed by atoms with van der Waals surface area (Å²) in [6, 6.07) is 0. The molecule has 0 aromatic carbocycles. The average Bonchev–Trinajstić information content (AvgIpc) is 2.00. The molecule has 0 unspecified atom stereocenters. The summed E-state index contributed by atoms with van der Waals surface area (Å²) in [5.74, 6) is 0. The second-order valence-electron chi connectivity index (χ2n) is 2.35. The van der Waals surface area contributed by atoms with Gasteiger partial charge in [-0.2, -0.15) is 0 Å². The van der Waals surface area contributed by atoms with Crippen LogP contribution in [0.1, 0.15) is 28.6 Å². The van der Waals surface area contributed by atoms with E-state index in [1.165, 1.54) is 0 Å². The van der Waals surface area contributed by atoms with Crippen LogP contribution >= 0.6 is 0 Å². The second kappa shape index (κ2) is 42.9. The predicted molar refractivity (Wildman–Crippen MR) is 57.9 cm³/mol. The van der Waals surface area contributed by atoms with Gasteiger partial charge >= 0.3 is 59.1 Å². The van der Waals surface area contributed by atoms with Crippen molar-refractivity contribution in [1.29, 1.82) is 0 Å². The fourth-order valence-corrected chi connectivity index (χ4v) is 0. The second-order valence-corrected chi connectivity index (χ2v) is 2.35. The molecule has 19 heavy (non-hydrogen) atoms. The molecule has 0 amide bonds. The van der Waals surface area contributed by atoms with Crippen LogP contribution in [0.15, 0.2) is 0 Å². The summed E-state index contributed by atoms with van der Waals surface area (Å²) in [7, 11) is 0. The van der Waals surface area contributed by atoms with E-state index in [2.05, 4.69) is 0 Å². The maximum Gasteiger partial charge on any atom is 1.00 e. The van der Waals surface area contributed by atoms with Crippen molar-refractivity contribution >= 4 is 12.3 Å². The zero-order valence-corrected chi connectivity index (χ0v) is 16.1. The fourth-order valence-electron chi connectivity index (χ4n) is 0. The van der Waals surface area contributed by atoms with Gasteiger partial charge in [0, 0.05) is 14.1 Å². The quantitative estimate of drug-likeness (QED) is 0.292. The largest absolute Gasteiger partial charge is 1.00 e. The minimum Gasteiger partial charge on any atom is -0.565 e. The van der Waals surface area contributed by atoms with Crippen LogP contribution in [0, 0.1) is 0 Å². The molecule has 7 N–H and O–H groups in total. The van der Waals surface area contributed by atoms with Crippen molar-refractivity contribution in [3.05, 3.63) is 0 Å². The van der Waals surface area contributed by atoms with Gasteiger partial charge in [-0.25, -0.2) is 0 Å². The van der Waals surface area contributed by atoms with E-state index in [9.17, 15) is 0 Å². The zero-order valence-electron chi connectivity index (χ0n) is 12.1. The summed E-state index contributed by atoms with van der Waals surface area (Å²) < 4.78 is 0. The van der Waals surface area contributed by atoms with Crippen LogP contribution in [0.4, 0.5) is 9.59 Å². The molecule has 0 aliphatic carbocycles. The van der Waals surface area contributed by atoms with Crippen molar-refractivity contribution in [1.82, 2.24) is 6.15 Å². The van der Waals surface area contributed by atoms with Gasteiger partial charge in [-0.05, 0) is 20.3 Å². The number of aliphatic hydroxyl groups is 2. The molecule has 110 valence electrons. The van der Waals surface area contributed by atoms with E-state index in [0.29, 0.717) is 6.61 Å². The summed E-state index contributed by atoms with van der Waals surface area (Å²) >= 11 is 0. The summed E-state index contributed by atoms with van der Waals surface area (Å²) in [5, 5.41) is 46.5.